The van der Waals surface area contributed by atoms with Crippen LogP contribution in [0.25, 0.3) is 0 Å². The Hall–Kier alpha value is -2.73. The van der Waals surface area contributed by atoms with Gasteiger partial charge in [-0.25, -0.2) is 4.39 Å². The van der Waals surface area contributed by atoms with Gasteiger partial charge in [0.25, 0.3) is 5.91 Å². The van der Waals surface area contributed by atoms with Crippen LogP contribution < -0.4 is 10.6 Å². The quantitative estimate of drug-likeness (QED) is 0.743. The van der Waals surface area contributed by atoms with E-state index in [1.807, 2.05) is 13.8 Å². The van der Waals surface area contributed by atoms with Crippen molar-refractivity contribution in [1.29, 1.82) is 0 Å². The van der Waals surface area contributed by atoms with Gasteiger partial charge in [-0.05, 0) is 61.8 Å². The lowest BCUT2D eigenvalue weighted by molar-refractivity contribution is -0.118. The highest BCUT2D eigenvalue weighted by molar-refractivity contribution is 5.97. The maximum absolute atomic E-state index is 13.3. The SMILES string of the molecule is CC(C)C(=O)Nc1cccc(C(=O)NCC(c2ccc(F)cc2)N2CCCC2)c1. The van der Waals surface area contributed by atoms with Crippen LogP contribution in [0, 0.1) is 11.7 Å². The summed E-state index contributed by atoms with van der Waals surface area (Å²) in [5.41, 5.74) is 2.09. The Bertz CT molecular complexity index is 845. The van der Waals surface area contributed by atoms with E-state index in [1.165, 1.54) is 12.1 Å². The van der Waals surface area contributed by atoms with E-state index in [0.717, 1.165) is 31.5 Å². The minimum atomic E-state index is -0.266. The first-order chi connectivity index (χ1) is 13.9. The molecule has 2 N–H and O–H groups in total. The molecule has 1 aliphatic rings. The van der Waals surface area contributed by atoms with Crippen molar-refractivity contribution in [1.82, 2.24) is 10.2 Å². The standard InChI is InChI=1S/C23H28FN3O2/c1-16(2)22(28)26-20-7-5-6-18(14-20)23(29)25-15-21(27-12-3-4-13-27)17-8-10-19(24)11-9-17/h5-11,14,16,21H,3-4,12-13,15H2,1-2H3,(H,25,29)(H,26,28). The summed E-state index contributed by atoms with van der Waals surface area (Å²) >= 11 is 0. The first-order valence-corrected chi connectivity index (χ1v) is 10.1. The van der Waals surface area contributed by atoms with Crippen molar-refractivity contribution in [3.05, 3.63) is 65.5 Å². The molecular formula is C23H28FN3O2. The Kier molecular flexibility index (Phi) is 6.99. The van der Waals surface area contributed by atoms with Gasteiger partial charge in [0.05, 0.1) is 6.04 Å². The average molecular weight is 397 g/mol. The molecule has 3 rings (SSSR count). The van der Waals surface area contributed by atoms with Crippen LogP contribution in [0.5, 0.6) is 0 Å². The average Bonchev–Trinajstić information content (AvgIpc) is 3.24. The van der Waals surface area contributed by atoms with Gasteiger partial charge < -0.3 is 10.6 Å². The minimum Gasteiger partial charge on any atom is -0.350 e. The lowest BCUT2D eigenvalue weighted by atomic mass is 10.0. The topological polar surface area (TPSA) is 61.4 Å². The molecule has 154 valence electrons. The summed E-state index contributed by atoms with van der Waals surface area (Å²) in [5.74, 6) is -0.687. The van der Waals surface area contributed by atoms with E-state index in [1.54, 1.807) is 36.4 Å². The van der Waals surface area contributed by atoms with E-state index < -0.39 is 0 Å². The smallest absolute Gasteiger partial charge is 0.251 e. The number of nitrogens with zero attached hydrogens (tertiary/aromatic N) is 1. The van der Waals surface area contributed by atoms with Crippen LogP contribution in [0.15, 0.2) is 48.5 Å². The lowest BCUT2D eigenvalue weighted by Crippen LogP contribution is -2.36. The molecule has 2 aromatic rings. The van der Waals surface area contributed by atoms with Crippen molar-refractivity contribution in [2.45, 2.75) is 32.7 Å². The molecule has 29 heavy (non-hydrogen) atoms. The Morgan fingerprint density at radius 3 is 2.41 bits per heavy atom. The molecule has 1 aliphatic heterocycles. The van der Waals surface area contributed by atoms with E-state index in [2.05, 4.69) is 15.5 Å². The van der Waals surface area contributed by atoms with E-state index in [0.29, 0.717) is 17.8 Å². The van der Waals surface area contributed by atoms with Gasteiger partial charge in [-0.1, -0.05) is 32.0 Å². The van der Waals surface area contributed by atoms with Crippen LogP contribution in [-0.2, 0) is 4.79 Å². The first kappa shape index (κ1) is 21.0. The third-order valence-corrected chi connectivity index (χ3v) is 5.21. The molecule has 2 aromatic carbocycles. The predicted molar refractivity (Wildman–Crippen MR) is 112 cm³/mol. The largest absolute Gasteiger partial charge is 0.350 e. The monoisotopic (exact) mass is 397 g/mol. The van der Waals surface area contributed by atoms with Crippen LogP contribution in [0.1, 0.15) is 48.7 Å². The number of nitrogens with one attached hydrogen (secondary N) is 2. The van der Waals surface area contributed by atoms with Crippen molar-refractivity contribution in [2.24, 2.45) is 5.92 Å². The predicted octanol–water partition coefficient (Wildman–Crippen LogP) is 3.99. The third kappa shape index (κ3) is 5.64. The fourth-order valence-corrected chi connectivity index (χ4v) is 3.51. The van der Waals surface area contributed by atoms with Crippen LogP contribution in [-0.4, -0.2) is 36.3 Å². The molecule has 1 fully saturated rings. The Labute approximate surface area is 171 Å². The van der Waals surface area contributed by atoms with Gasteiger partial charge in [-0.2, -0.15) is 0 Å². The Morgan fingerprint density at radius 2 is 1.76 bits per heavy atom. The number of carbonyl (C=O) groups excluding carboxylic acids is 2. The fraction of sp³-hybridized carbons (Fsp3) is 0.391. The normalized spacial score (nSPS) is 15.3. The van der Waals surface area contributed by atoms with E-state index in [4.69, 9.17) is 0 Å². The second-order valence-electron chi connectivity index (χ2n) is 7.75. The highest BCUT2D eigenvalue weighted by Crippen LogP contribution is 2.25. The van der Waals surface area contributed by atoms with Gasteiger partial charge >= 0.3 is 0 Å². The van der Waals surface area contributed by atoms with Gasteiger partial charge in [0.15, 0.2) is 0 Å². The molecule has 1 atom stereocenters. The molecule has 0 aromatic heterocycles. The number of likely N-dealkylation sites (tertiary alicyclic amines) is 1. The molecule has 2 amide bonds. The molecule has 1 heterocycles. The zero-order valence-electron chi connectivity index (χ0n) is 17.0. The molecule has 5 nitrogen and oxygen atoms in total. The highest BCUT2D eigenvalue weighted by atomic mass is 19.1. The Morgan fingerprint density at radius 1 is 1.07 bits per heavy atom. The summed E-state index contributed by atoms with van der Waals surface area (Å²) in [5, 5.41) is 5.82. The van der Waals surface area contributed by atoms with Gasteiger partial charge in [0, 0.05) is 23.7 Å². The van der Waals surface area contributed by atoms with E-state index in [9.17, 15) is 14.0 Å². The Balaban J connectivity index is 1.68. The summed E-state index contributed by atoms with van der Waals surface area (Å²) in [6.07, 6.45) is 2.26. The second-order valence-corrected chi connectivity index (χ2v) is 7.75. The summed E-state index contributed by atoms with van der Waals surface area (Å²) in [7, 11) is 0. The lowest BCUT2D eigenvalue weighted by Gasteiger charge is -2.28. The second kappa shape index (κ2) is 9.65. The zero-order valence-corrected chi connectivity index (χ0v) is 17.0. The maximum atomic E-state index is 13.3. The number of anilines is 1. The van der Waals surface area contributed by atoms with Crippen molar-refractivity contribution in [3.63, 3.8) is 0 Å². The summed E-state index contributed by atoms with van der Waals surface area (Å²) in [6.45, 7) is 6.01. The van der Waals surface area contributed by atoms with Gasteiger partial charge in [0.1, 0.15) is 5.82 Å². The molecule has 6 heteroatoms. The van der Waals surface area contributed by atoms with Crippen molar-refractivity contribution in [3.8, 4) is 0 Å². The van der Waals surface area contributed by atoms with E-state index >= 15 is 0 Å². The number of carbonyl (C=O) groups is 2. The number of benzene rings is 2. The summed E-state index contributed by atoms with van der Waals surface area (Å²) < 4.78 is 13.3. The molecule has 0 radical (unpaired) electrons. The number of amides is 2. The number of rotatable bonds is 7. The highest BCUT2D eigenvalue weighted by Gasteiger charge is 2.24. The molecule has 0 aliphatic carbocycles. The van der Waals surface area contributed by atoms with Crippen LogP contribution in [0.4, 0.5) is 10.1 Å². The van der Waals surface area contributed by atoms with Gasteiger partial charge in [-0.3, -0.25) is 14.5 Å². The molecule has 0 spiro atoms. The molecule has 0 bridgehead atoms. The summed E-state index contributed by atoms with van der Waals surface area (Å²) in [4.78, 5) is 26.9. The van der Waals surface area contributed by atoms with Gasteiger partial charge in [-0.15, -0.1) is 0 Å². The molecule has 1 unspecified atom stereocenters. The molecule has 0 saturated carbocycles. The number of hydrogen-bond donors (Lipinski definition) is 2. The van der Waals surface area contributed by atoms with E-state index in [-0.39, 0.29) is 29.6 Å². The van der Waals surface area contributed by atoms with Crippen LogP contribution in [0.3, 0.4) is 0 Å². The molecular weight excluding hydrogens is 369 g/mol. The van der Waals surface area contributed by atoms with Crippen molar-refractivity contribution >= 4 is 17.5 Å². The zero-order chi connectivity index (χ0) is 20.8. The van der Waals surface area contributed by atoms with Crippen molar-refractivity contribution < 1.29 is 14.0 Å². The van der Waals surface area contributed by atoms with Crippen molar-refractivity contribution in [2.75, 3.05) is 25.0 Å². The number of halogens is 1. The van der Waals surface area contributed by atoms with Crippen LogP contribution >= 0.6 is 0 Å². The summed E-state index contributed by atoms with van der Waals surface area (Å²) in [6, 6.07) is 13.4. The first-order valence-electron chi connectivity index (χ1n) is 10.1. The fourth-order valence-electron chi connectivity index (χ4n) is 3.51. The maximum Gasteiger partial charge on any atom is 0.251 e. The van der Waals surface area contributed by atoms with Crippen LogP contribution in [0.2, 0.25) is 0 Å². The van der Waals surface area contributed by atoms with Gasteiger partial charge in [0.2, 0.25) is 5.91 Å². The third-order valence-electron chi connectivity index (χ3n) is 5.21. The minimum absolute atomic E-state index is 0.00544. The molecule has 1 saturated heterocycles. The number of hydrogen-bond acceptors (Lipinski definition) is 3.